The highest BCUT2D eigenvalue weighted by Crippen LogP contribution is 2.35. The van der Waals surface area contributed by atoms with Crippen molar-refractivity contribution in [2.24, 2.45) is 0 Å². The molecule has 0 saturated heterocycles. The van der Waals surface area contributed by atoms with Gasteiger partial charge in [0, 0.05) is 10.8 Å². The monoisotopic (exact) mass is 288 g/mol. The SMILES string of the molecule is CC(C)(C)c1nc2cc(C(C)(C)C)c(C(C)(C)C)nc2o1. The topological polar surface area (TPSA) is 38.9 Å². The Bertz CT molecular complexity index is 610. The van der Waals surface area contributed by atoms with Gasteiger partial charge in [-0.15, -0.1) is 0 Å². The third-order valence-corrected chi connectivity index (χ3v) is 3.54. The van der Waals surface area contributed by atoms with Gasteiger partial charge in [-0.25, -0.2) is 9.97 Å². The van der Waals surface area contributed by atoms with E-state index in [0.29, 0.717) is 5.71 Å². The van der Waals surface area contributed by atoms with Crippen molar-refractivity contribution < 1.29 is 4.42 Å². The fourth-order valence-corrected chi connectivity index (χ4v) is 2.33. The normalized spacial score (nSPS) is 14.0. The Morgan fingerprint density at radius 2 is 1.33 bits per heavy atom. The molecule has 0 atom stereocenters. The van der Waals surface area contributed by atoms with Gasteiger partial charge < -0.3 is 4.42 Å². The molecule has 2 rings (SSSR count). The van der Waals surface area contributed by atoms with E-state index in [1.807, 2.05) is 0 Å². The van der Waals surface area contributed by atoms with Crippen LogP contribution in [0.2, 0.25) is 0 Å². The van der Waals surface area contributed by atoms with Gasteiger partial charge in [0.1, 0.15) is 5.52 Å². The van der Waals surface area contributed by atoms with E-state index in [0.717, 1.165) is 17.1 Å². The highest BCUT2D eigenvalue weighted by Gasteiger charge is 2.29. The van der Waals surface area contributed by atoms with E-state index in [-0.39, 0.29) is 16.2 Å². The summed E-state index contributed by atoms with van der Waals surface area (Å²) in [5, 5.41) is 0. The van der Waals surface area contributed by atoms with Crippen LogP contribution in [0.3, 0.4) is 0 Å². The smallest absolute Gasteiger partial charge is 0.247 e. The molecule has 0 amide bonds. The second-order valence-electron chi connectivity index (χ2n) is 8.98. The molecule has 0 fully saturated rings. The minimum Gasteiger partial charge on any atom is -0.422 e. The number of fused-ring (bicyclic) bond motifs is 1. The molecule has 3 heteroatoms. The van der Waals surface area contributed by atoms with E-state index in [9.17, 15) is 0 Å². The molecule has 0 aliphatic heterocycles. The Balaban J connectivity index is 2.77. The number of rotatable bonds is 0. The first-order chi connectivity index (χ1) is 9.30. The van der Waals surface area contributed by atoms with Crippen LogP contribution in [0.1, 0.15) is 79.5 Å². The predicted molar refractivity (Wildman–Crippen MR) is 87.9 cm³/mol. The van der Waals surface area contributed by atoms with Gasteiger partial charge in [0.25, 0.3) is 0 Å². The maximum Gasteiger partial charge on any atom is 0.247 e. The number of aromatic nitrogens is 2. The number of hydrogen-bond acceptors (Lipinski definition) is 3. The summed E-state index contributed by atoms with van der Waals surface area (Å²) in [6.07, 6.45) is 0. The van der Waals surface area contributed by atoms with Crippen LogP contribution in [0.15, 0.2) is 10.5 Å². The highest BCUT2D eigenvalue weighted by molar-refractivity contribution is 5.70. The Hall–Kier alpha value is -1.38. The average molecular weight is 288 g/mol. The molecular weight excluding hydrogens is 260 g/mol. The first kappa shape index (κ1) is 16.0. The molecule has 0 radical (unpaired) electrons. The van der Waals surface area contributed by atoms with E-state index in [1.165, 1.54) is 5.56 Å². The third-order valence-electron chi connectivity index (χ3n) is 3.54. The summed E-state index contributed by atoms with van der Waals surface area (Å²) in [7, 11) is 0. The second kappa shape index (κ2) is 4.56. The summed E-state index contributed by atoms with van der Waals surface area (Å²) >= 11 is 0. The second-order valence-corrected chi connectivity index (χ2v) is 8.98. The molecule has 0 bridgehead atoms. The van der Waals surface area contributed by atoms with Crippen LogP contribution in [0, 0.1) is 0 Å². The van der Waals surface area contributed by atoms with E-state index < -0.39 is 0 Å². The van der Waals surface area contributed by atoms with Crippen molar-refractivity contribution in [3.05, 3.63) is 23.2 Å². The van der Waals surface area contributed by atoms with Crippen molar-refractivity contribution >= 4 is 11.2 Å². The molecule has 2 aromatic heterocycles. The summed E-state index contributed by atoms with van der Waals surface area (Å²) < 4.78 is 5.91. The van der Waals surface area contributed by atoms with E-state index in [1.54, 1.807) is 0 Å². The first-order valence-corrected chi connectivity index (χ1v) is 7.63. The van der Waals surface area contributed by atoms with Crippen molar-refractivity contribution in [2.75, 3.05) is 0 Å². The first-order valence-electron chi connectivity index (χ1n) is 7.63. The fourth-order valence-electron chi connectivity index (χ4n) is 2.33. The maximum atomic E-state index is 5.91. The number of nitrogens with zero attached hydrogens (tertiary/aromatic N) is 2. The zero-order chi connectivity index (χ0) is 16.2. The minimum absolute atomic E-state index is 0.0223. The van der Waals surface area contributed by atoms with Crippen LogP contribution >= 0.6 is 0 Å². The van der Waals surface area contributed by atoms with Crippen molar-refractivity contribution in [1.29, 1.82) is 0 Å². The quantitative estimate of drug-likeness (QED) is 0.675. The Morgan fingerprint density at radius 3 is 1.76 bits per heavy atom. The van der Waals surface area contributed by atoms with Crippen LogP contribution < -0.4 is 0 Å². The summed E-state index contributed by atoms with van der Waals surface area (Å²) in [6.45, 7) is 19.5. The standard InChI is InChI=1S/C18H28N2O/c1-16(2,3)11-10-12-14(20-13(11)17(4,5)6)21-15(19-12)18(7,8)9/h10H,1-9H3. The van der Waals surface area contributed by atoms with Crippen molar-refractivity contribution in [2.45, 2.75) is 78.6 Å². The van der Waals surface area contributed by atoms with Gasteiger partial charge in [-0.3, -0.25) is 0 Å². The summed E-state index contributed by atoms with van der Waals surface area (Å²) in [5.74, 6) is 0.746. The molecule has 0 saturated carbocycles. The van der Waals surface area contributed by atoms with Crippen LogP contribution in [-0.2, 0) is 16.2 Å². The number of oxazole rings is 1. The molecule has 0 aliphatic rings. The van der Waals surface area contributed by atoms with Crippen molar-refractivity contribution in [3.8, 4) is 0 Å². The van der Waals surface area contributed by atoms with Gasteiger partial charge in [0.2, 0.25) is 11.6 Å². The van der Waals surface area contributed by atoms with Gasteiger partial charge in [-0.05, 0) is 17.0 Å². The molecule has 2 aromatic rings. The minimum atomic E-state index is -0.107. The Labute approximate surface area is 128 Å². The van der Waals surface area contributed by atoms with Gasteiger partial charge >= 0.3 is 0 Å². The Kier molecular flexibility index (Phi) is 3.47. The lowest BCUT2D eigenvalue weighted by Gasteiger charge is -2.28. The summed E-state index contributed by atoms with van der Waals surface area (Å²) in [5.41, 5.74) is 3.76. The molecule has 0 spiro atoms. The molecule has 3 nitrogen and oxygen atoms in total. The Morgan fingerprint density at radius 1 is 0.762 bits per heavy atom. The summed E-state index contributed by atoms with van der Waals surface area (Å²) in [6, 6.07) is 2.15. The molecule has 0 N–H and O–H groups in total. The predicted octanol–water partition coefficient (Wildman–Crippen LogP) is 5.12. The molecule has 0 aromatic carbocycles. The van der Waals surface area contributed by atoms with Crippen LogP contribution in [0.5, 0.6) is 0 Å². The van der Waals surface area contributed by atoms with E-state index >= 15 is 0 Å². The van der Waals surface area contributed by atoms with Crippen molar-refractivity contribution in [3.63, 3.8) is 0 Å². The lowest BCUT2D eigenvalue weighted by Crippen LogP contribution is -2.23. The molecule has 116 valence electrons. The lowest BCUT2D eigenvalue weighted by atomic mass is 9.78. The van der Waals surface area contributed by atoms with Crippen molar-refractivity contribution in [1.82, 2.24) is 9.97 Å². The third kappa shape index (κ3) is 3.12. The maximum absolute atomic E-state index is 5.91. The van der Waals surface area contributed by atoms with Gasteiger partial charge in [-0.2, -0.15) is 0 Å². The van der Waals surface area contributed by atoms with Gasteiger partial charge in [0.05, 0.1) is 5.69 Å². The molecule has 0 unspecified atom stereocenters. The lowest BCUT2D eigenvalue weighted by molar-refractivity contribution is 0.405. The largest absolute Gasteiger partial charge is 0.422 e. The van der Waals surface area contributed by atoms with E-state index in [4.69, 9.17) is 9.40 Å². The number of hydrogen-bond donors (Lipinski definition) is 0. The van der Waals surface area contributed by atoms with E-state index in [2.05, 4.69) is 73.4 Å². The summed E-state index contributed by atoms with van der Waals surface area (Å²) in [4.78, 5) is 9.47. The molecule has 0 aliphatic carbocycles. The van der Waals surface area contributed by atoms with Crippen LogP contribution in [0.25, 0.3) is 11.2 Å². The fraction of sp³-hybridized carbons (Fsp3) is 0.667. The van der Waals surface area contributed by atoms with Crippen LogP contribution in [0.4, 0.5) is 0 Å². The zero-order valence-corrected chi connectivity index (χ0v) is 14.9. The molecular formula is C18H28N2O. The van der Waals surface area contributed by atoms with Gasteiger partial charge in [-0.1, -0.05) is 62.3 Å². The highest BCUT2D eigenvalue weighted by atomic mass is 16.4. The van der Waals surface area contributed by atoms with Gasteiger partial charge in [0.15, 0.2) is 0 Å². The number of pyridine rings is 1. The zero-order valence-electron chi connectivity index (χ0n) is 14.9. The average Bonchev–Trinajstić information content (AvgIpc) is 2.66. The molecule has 2 heterocycles. The molecule has 21 heavy (non-hydrogen) atoms. The van der Waals surface area contributed by atoms with Crippen LogP contribution in [-0.4, -0.2) is 9.97 Å².